The molecule has 0 fully saturated rings. The zero-order valence-corrected chi connectivity index (χ0v) is 18.2. The van der Waals surface area contributed by atoms with Gasteiger partial charge >= 0.3 is 0 Å². The molecule has 138 valence electrons. The molecule has 2 heterocycles. The Balaban J connectivity index is 1.94. The standard InChI is InChI=1S/C18H11Br2Cl2N3O2/c19-3-4-27-25-16-10-5-8(20)1-2-13(10)23-17(16)14-11-6-9(21)7-12(22)15(11)24-18(14)26/h1-2,5-7,24,26H,3-4H2/b25-16+. The Kier molecular flexibility index (Phi) is 5.20. The summed E-state index contributed by atoms with van der Waals surface area (Å²) in [6.07, 6.45) is 0. The molecule has 2 N–H and O–H groups in total. The molecular formula is C18H11Br2Cl2N3O2. The molecule has 4 rings (SSSR count). The molecule has 0 saturated carbocycles. The molecule has 1 aliphatic rings. The molecule has 0 saturated heterocycles. The predicted octanol–water partition coefficient (Wildman–Crippen LogP) is 6.19. The van der Waals surface area contributed by atoms with Crippen molar-refractivity contribution in [2.24, 2.45) is 10.1 Å². The summed E-state index contributed by atoms with van der Waals surface area (Å²) in [7, 11) is 0. The third-order valence-corrected chi connectivity index (χ3v) is 5.37. The van der Waals surface area contributed by atoms with Crippen molar-refractivity contribution in [1.29, 1.82) is 0 Å². The van der Waals surface area contributed by atoms with Crippen molar-refractivity contribution in [2.75, 3.05) is 11.9 Å². The van der Waals surface area contributed by atoms with E-state index in [-0.39, 0.29) is 5.88 Å². The van der Waals surface area contributed by atoms with Crippen LogP contribution >= 0.6 is 55.1 Å². The first-order valence-corrected chi connectivity index (χ1v) is 10.5. The molecule has 3 aromatic rings. The van der Waals surface area contributed by atoms with E-state index in [1.165, 1.54) is 0 Å². The number of aromatic amines is 1. The largest absolute Gasteiger partial charge is 0.494 e. The molecule has 0 bridgehead atoms. The molecule has 0 atom stereocenters. The minimum atomic E-state index is -0.0621. The molecular weight excluding hydrogens is 521 g/mol. The van der Waals surface area contributed by atoms with Crippen molar-refractivity contribution in [3.8, 4) is 5.88 Å². The van der Waals surface area contributed by atoms with Crippen molar-refractivity contribution >= 4 is 83.1 Å². The maximum absolute atomic E-state index is 10.6. The van der Waals surface area contributed by atoms with Crippen LogP contribution < -0.4 is 0 Å². The molecule has 5 nitrogen and oxygen atoms in total. The summed E-state index contributed by atoms with van der Waals surface area (Å²) < 4.78 is 0.889. The monoisotopic (exact) mass is 529 g/mol. The predicted molar refractivity (Wildman–Crippen MR) is 117 cm³/mol. The summed E-state index contributed by atoms with van der Waals surface area (Å²) in [6, 6.07) is 9.02. The fourth-order valence-corrected chi connectivity index (χ4v) is 4.00. The molecule has 0 unspecified atom stereocenters. The lowest BCUT2D eigenvalue weighted by atomic mass is 10.0. The number of H-pyrrole nitrogens is 1. The third-order valence-electron chi connectivity index (χ3n) is 4.04. The highest BCUT2D eigenvalue weighted by Gasteiger charge is 2.30. The van der Waals surface area contributed by atoms with Gasteiger partial charge in [0.2, 0.25) is 0 Å². The number of aliphatic imine (C=N–C) groups is 1. The average Bonchev–Trinajstić information content (AvgIpc) is 3.12. The van der Waals surface area contributed by atoms with Gasteiger partial charge in [-0.3, -0.25) is 0 Å². The van der Waals surface area contributed by atoms with Gasteiger partial charge in [0.15, 0.2) is 5.88 Å². The lowest BCUT2D eigenvalue weighted by molar-refractivity contribution is 0.163. The van der Waals surface area contributed by atoms with Gasteiger partial charge in [0.1, 0.15) is 18.0 Å². The van der Waals surface area contributed by atoms with Crippen molar-refractivity contribution in [3.63, 3.8) is 0 Å². The summed E-state index contributed by atoms with van der Waals surface area (Å²) in [5.74, 6) is -0.0621. The van der Waals surface area contributed by atoms with Crippen LogP contribution in [0.15, 0.2) is 45.0 Å². The third kappa shape index (κ3) is 3.38. The second kappa shape index (κ2) is 7.47. The van der Waals surface area contributed by atoms with Gasteiger partial charge in [-0.1, -0.05) is 60.2 Å². The fourth-order valence-electron chi connectivity index (χ4n) is 2.95. The minimum Gasteiger partial charge on any atom is -0.494 e. The summed E-state index contributed by atoms with van der Waals surface area (Å²) >= 11 is 19.2. The molecule has 0 aliphatic carbocycles. The number of aromatic hydroxyl groups is 1. The first-order chi connectivity index (χ1) is 13.0. The molecule has 27 heavy (non-hydrogen) atoms. The second-order valence-corrected chi connectivity index (χ2v) is 8.30. The van der Waals surface area contributed by atoms with Crippen molar-refractivity contribution in [3.05, 3.63) is 56.0 Å². The highest BCUT2D eigenvalue weighted by Crippen LogP contribution is 2.39. The molecule has 0 amide bonds. The first kappa shape index (κ1) is 18.8. The van der Waals surface area contributed by atoms with Crippen LogP contribution in [0, 0.1) is 0 Å². The number of rotatable bonds is 4. The first-order valence-electron chi connectivity index (χ1n) is 7.84. The fraction of sp³-hybridized carbons (Fsp3) is 0.111. The van der Waals surface area contributed by atoms with Gasteiger partial charge in [-0.15, -0.1) is 0 Å². The average molecular weight is 532 g/mol. The van der Waals surface area contributed by atoms with Crippen LogP contribution in [0.2, 0.25) is 10.0 Å². The van der Waals surface area contributed by atoms with E-state index in [9.17, 15) is 5.11 Å². The van der Waals surface area contributed by atoms with Crippen LogP contribution in [0.5, 0.6) is 5.88 Å². The second-order valence-electron chi connectivity index (χ2n) is 5.74. The Morgan fingerprint density at radius 1 is 1.22 bits per heavy atom. The molecule has 0 spiro atoms. The molecule has 2 aromatic carbocycles. The van der Waals surface area contributed by atoms with E-state index in [4.69, 9.17) is 28.0 Å². The van der Waals surface area contributed by atoms with Gasteiger partial charge in [0.25, 0.3) is 0 Å². The quantitative estimate of drug-likeness (QED) is 0.239. The number of nitrogens with zero attached hydrogens (tertiary/aromatic N) is 2. The highest BCUT2D eigenvalue weighted by molar-refractivity contribution is 9.10. The van der Waals surface area contributed by atoms with E-state index in [1.54, 1.807) is 12.1 Å². The lowest BCUT2D eigenvalue weighted by Gasteiger charge is -2.05. The zero-order valence-electron chi connectivity index (χ0n) is 13.6. The Labute approximate surface area is 181 Å². The van der Waals surface area contributed by atoms with E-state index in [0.29, 0.717) is 49.9 Å². The van der Waals surface area contributed by atoms with Gasteiger partial charge in [-0.05, 0) is 30.3 Å². The summed E-state index contributed by atoms with van der Waals surface area (Å²) in [4.78, 5) is 13.0. The van der Waals surface area contributed by atoms with Crippen LogP contribution in [0.4, 0.5) is 5.69 Å². The zero-order chi connectivity index (χ0) is 19.1. The van der Waals surface area contributed by atoms with Crippen LogP contribution in [-0.4, -0.2) is 33.5 Å². The number of oxime groups is 1. The SMILES string of the molecule is Oc1[nH]c2c(Cl)cc(Cl)cc2c1C1=Nc2ccc(Br)cc2/C1=N\OCCBr. The van der Waals surface area contributed by atoms with Crippen molar-refractivity contribution in [1.82, 2.24) is 4.98 Å². The van der Waals surface area contributed by atoms with Crippen LogP contribution in [-0.2, 0) is 4.84 Å². The number of nitrogens with one attached hydrogen (secondary N) is 1. The minimum absolute atomic E-state index is 0.0621. The van der Waals surface area contributed by atoms with Gasteiger partial charge in [0, 0.05) is 25.8 Å². The van der Waals surface area contributed by atoms with Crippen LogP contribution in [0.3, 0.4) is 0 Å². The summed E-state index contributed by atoms with van der Waals surface area (Å²) in [5, 5.41) is 17.0. The number of hydrogen-bond acceptors (Lipinski definition) is 4. The van der Waals surface area contributed by atoms with E-state index in [0.717, 1.165) is 15.7 Å². The smallest absolute Gasteiger partial charge is 0.199 e. The molecule has 1 aromatic heterocycles. The summed E-state index contributed by atoms with van der Waals surface area (Å²) in [5.41, 5.74) is 3.60. The number of aromatic nitrogens is 1. The maximum atomic E-state index is 10.6. The van der Waals surface area contributed by atoms with E-state index in [2.05, 4.69) is 47.0 Å². The Hall–Kier alpha value is -1.54. The van der Waals surface area contributed by atoms with Gasteiger partial charge in [-0.25, -0.2) is 4.99 Å². The number of benzene rings is 2. The van der Waals surface area contributed by atoms with Gasteiger partial charge < -0.3 is 14.9 Å². The maximum Gasteiger partial charge on any atom is 0.199 e. The van der Waals surface area contributed by atoms with E-state index < -0.39 is 0 Å². The van der Waals surface area contributed by atoms with Crippen molar-refractivity contribution in [2.45, 2.75) is 0 Å². The van der Waals surface area contributed by atoms with Crippen LogP contribution in [0.1, 0.15) is 11.1 Å². The molecule has 0 radical (unpaired) electrons. The summed E-state index contributed by atoms with van der Waals surface area (Å²) in [6.45, 7) is 0.400. The van der Waals surface area contributed by atoms with Crippen molar-refractivity contribution < 1.29 is 9.94 Å². The molecule has 1 aliphatic heterocycles. The van der Waals surface area contributed by atoms with Crippen LogP contribution in [0.25, 0.3) is 10.9 Å². The van der Waals surface area contributed by atoms with E-state index >= 15 is 0 Å². The normalized spacial score (nSPS) is 14.7. The van der Waals surface area contributed by atoms with Gasteiger partial charge in [0.05, 0.1) is 21.8 Å². The van der Waals surface area contributed by atoms with E-state index in [1.807, 2.05) is 18.2 Å². The number of alkyl halides is 1. The topological polar surface area (TPSA) is 70.0 Å². The Morgan fingerprint density at radius 2 is 2.04 bits per heavy atom. The number of hydrogen-bond donors (Lipinski definition) is 2. The lowest BCUT2D eigenvalue weighted by Crippen LogP contribution is -2.13. The Morgan fingerprint density at radius 3 is 2.81 bits per heavy atom. The Bertz CT molecular complexity index is 1130. The number of fused-ring (bicyclic) bond motifs is 2. The highest BCUT2D eigenvalue weighted by atomic mass is 79.9. The van der Waals surface area contributed by atoms with Gasteiger partial charge in [-0.2, -0.15) is 0 Å². The number of halogens is 4. The molecule has 9 heteroatoms.